The van der Waals surface area contributed by atoms with Crippen LogP contribution in [0.25, 0.3) is 11.9 Å². The second-order valence-electron chi connectivity index (χ2n) is 15.3. The van der Waals surface area contributed by atoms with Gasteiger partial charge in [-0.25, -0.2) is 9.36 Å². The Kier molecular flexibility index (Phi) is 16.6. The first-order valence-electron chi connectivity index (χ1n) is 19.7. The average Bonchev–Trinajstić information content (AvgIpc) is 3.73. The molecule has 6 aromatic rings. The number of primary amides is 2. The number of nitrogens with two attached hydrogens (primary N) is 3. The summed E-state index contributed by atoms with van der Waals surface area (Å²) in [7, 11) is 0. The van der Waals surface area contributed by atoms with Crippen LogP contribution in [0.5, 0.6) is 0 Å². The number of rotatable bonds is 12. The molecule has 0 aliphatic rings. The molecule has 0 aliphatic carbocycles. The molecule has 348 valence electrons. The minimum atomic E-state index is -4.48. The third-order valence-electron chi connectivity index (χ3n) is 9.04. The van der Waals surface area contributed by atoms with Crippen LogP contribution in [0.15, 0.2) is 72.8 Å². The minimum absolute atomic E-state index is 0.125. The van der Waals surface area contributed by atoms with Crippen LogP contribution in [0.4, 0.5) is 55.2 Å². The lowest BCUT2D eigenvalue weighted by atomic mass is 10.0. The Bertz CT molecular complexity index is 2590. The molecule has 0 fully saturated rings. The summed E-state index contributed by atoms with van der Waals surface area (Å²) in [5.41, 5.74) is 17.6. The molecule has 0 unspecified atom stereocenters. The highest BCUT2D eigenvalue weighted by Crippen LogP contribution is 2.33. The predicted octanol–water partition coefficient (Wildman–Crippen LogP) is 8.11. The van der Waals surface area contributed by atoms with Crippen molar-refractivity contribution in [2.45, 2.75) is 79.8 Å². The monoisotopic (exact) mass is 930 g/mol. The number of nitrogens with one attached hydrogen (secondary N) is 3. The summed E-state index contributed by atoms with van der Waals surface area (Å²) in [6.45, 7) is 14.7. The van der Waals surface area contributed by atoms with Crippen molar-refractivity contribution in [1.82, 2.24) is 39.5 Å². The molecule has 0 saturated carbocycles. The zero-order chi connectivity index (χ0) is 48.6. The van der Waals surface area contributed by atoms with Gasteiger partial charge in [0.25, 0.3) is 11.9 Å². The van der Waals surface area contributed by atoms with Gasteiger partial charge in [-0.2, -0.15) is 56.5 Å². The molecule has 2 aromatic carbocycles. The van der Waals surface area contributed by atoms with Crippen molar-refractivity contribution in [3.8, 4) is 11.9 Å². The van der Waals surface area contributed by atoms with Crippen molar-refractivity contribution in [3.63, 3.8) is 0 Å². The van der Waals surface area contributed by atoms with E-state index in [2.05, 4.69) is 46.1 Å². The highest BCUT2D eigenvalue weighted by molar-refractivity contribution is 6.29. The summed E-state index contributed by atoms with van der Waals surface area (Å²) in [6.07, 6.45) is -8.90. The van der Waals surface area contributed by atoms with E-state index >= 15 is 0 Å². The van der Waals surface area contributed by atoms with E-state index in [4.69, 9.17) is 28.8 Å². The summed E-state index contributed by atoms with van der Waals surface area (Å²) < 4.78 is 80.7. The fourth-order valence-corrected chi connectivity index (χ4v) is 5.97. The van der Waals surface area contributed by atoms with Crippen molar-refractivity contribution in [3.05, 3.63) is 112 Å². The maximum Gasteiger partial charge on any atom is 0.416 e. The van der Waals surface area contributed by atoms with Gasteiger partial charge < -0.3 is 33.2 Å². The molecule has 0 aliphatic heterocycles. The maximum absolute atomic E-state index is 13.1. The fourth-order valence-electron chi connectivity index (χ4n) is 5.79. The number of carbonyl (C=O) groups is 2. The number of hydrogen-bond acceptors (Lipinski definition) is 12. The number of anilines is 5. The third kappa shape index (κ3) is 14.6. The standard InChI is InChI=1S/C21H24F3N7O.C16H13ClF3N5.C5H12N2O/c1-11(2)18(19(25)32)27-17-10-16(26-15-7-5-6-14(9-15)21(22,23)24)28-20(29-17)31-13(4)8-12(3)30-31;1-9-6-10(2)25(24-9)15-22-13(17)8-14(23-15)21-12-5-3-4-11(7-12)16(18,19)20;1-3(2)4(6)5(7)8/h5-11,18H,1-4H3,(H2,25,32)(H2,26,27,28,29);3-8H,1-2H3,(H,21,22,23);3-4H,6H2,1-2H3,(H2,7,8)/t18-;;4-/m0.0/s1. The topological polar surface area (TPSA) is 235 Å². The van der Waals surface area contributed by atoms with E-state index in [1.165, 1.54) is 45.8 Å². The Morgan fingerprint density at radius 3 is 1.40 bits per heavy atom. The Morgan fingerprint density at radius 2 is 1.05 bits per heavy atom. The number of alkyl halides is 6. The smallest absolute Gasteiger partial charge is 0.368 e. The number of hydrogen-bond donors (Lipinski definition) is 6. The van der Waals surface area contributed by atoms with Crippen LogP contribution >= 0.6 is 11.6 Å². The molecule has 2 atom stereocenters. The van der Waals surface area contributed by atoms with Crippen LogP contribution in [0.1, 0.15) is 61.6 Å². The van der Waals surface area contributed by atoms with Crippen LogP contribution in [0, 0.1) is 39.5 Å². The van der Waals surface area contributed by atoms with Crippen LogP contribution in [-0.2, 0) is 21.9 Å². The number of amides is 2. The molecule has 23 heteroatoms. The molecule has 0 spiro atoms. The Morgan fingerprint density at radius 1 is 0.615 bits per heavy atom. The molecule has 65 heavy (non-hydrogen) atoms. The molecular weight excluding hydrogens is 882 g/mol. The predicted molar refractivity (Wildman–Crippen MR) is 235 cm³/mol. The molecule has 4 aromatic heterocycles. The summed E-state index contributed by atoms with van der Waals surface area (Å²) in [4.78, 5) is 39.3. The molecule has 0 radical (unpaired) electrons. The van der Waals surface area contributed by atoms with Gasteiger partial charge in [-0.15, -0.1) is 0 Å². The summed E-state index contributed by atoms with van der Waals surface area (Å²) in [5.74, 6) is 0.202. The van der Waals surface area contributed by atoms with Gasteiger partial charge in [0.05, 0.1) is 28.6 Å². The van der Waals surface area contributed by atoms with E-state index in [1.807, 2.05) is 67.5 Å². The quantitative estimate of drug-likeness (QED) is 0.0504. The first kappa shape index (κ1) is 50.8. The van der Waals surface area contributed by atoms with Crippen molar-refractivity contribution < 1.29 is 35.9 Å². The van der Waals surface area contributed by atoms with Gasteiger partial charge in [0, 0.05) is 34.9 Å². The molecular formula is C42H49ClF6N14O2. The second-order valence-corrected chi connectivity index (χ2v) is 15.7. The zero-order valence-corrected chi connectivity index (χ0v) is 37.3. The molecule has 0 saturated heterocycles. The number of nitrogens with zero attached hydrogens (tertiary/aromatic N) is 8. The normalized spacial score (nSPS) is 12.4. The number of carbonyl (C=O) groups excluding carboxylic acids is 2. The largest absolute Gasteiger partial charge is 0.416 e. The van der Waals surface area contributed by atoms with Gasteiger partial charge in [-0.3, -0.25) is 9.59 Å². The molecule has 2 amide bonds. The van der Waals surface area contributed by atoms with Gasteiger partial charge in [-0.05, 0) is 88.1 Å². The summed E-state index contributed by atoms with van der Waals surface area (Å²) in [5, 5.41) is 17.5. The second kappa shape index (κ2) is 21.2. The summed E-state index contributed by atoms with van der Waals surface area (Å²) >= 11 is 6.02. The van der Waals surface area contributed by atoms with Gasteiger partial charge in [0.2, 0.25) is 11.8 Å². The van der Waals surface area contributed by atoms with Gasteiger partial charge in [0.1, 0.15) is 28.6 Å². The van der Waals surface area contributed by atoms with E-state index in [9.17, 15) is 35.9 Å². The van der Waals surface area contributed by atoms with Crippen LogP contribution in [0.2, 0.25) is 5.15 Å². The van der Waals surface area contributed by atoms with E-state index < -0.39 is 47.4 Å². The third-order valence-corrected chi connectivity index (χ3v) is 9.24. The van der Waals surface area contributed by atoms with Crippen LogP contribution < -0.4 is 33.2 Å². The van der Waals surface area contributed by atoms with Gasteiger partial charge in [-0.1, -0.05) is 51.4 Å². The fraction of sp³-hybridized carbons (Fsp3) is 0.333. The lowest BCUT2D eigenvalue weighted by molar-refractivity contribution is -0.138. The lowest BCUT2D eigenvalue weighted by Crippen LogP contribution is -2.40. The highest BCUT2D eigenvalue weighted by Gasteiger charge is 2.31. The van der Waals surface area contributed by atoms with Crippen molar-refractivity contribution in [2.24, 2.45) is 29.0 Å². The van der Waals surface area contributed by atoms with E-state index in [0.717, 1.165) is 47.0 Å². The van der Waals surface area contributed by atoms with Crippen molar-refractivity contribution in [1.29, 1.82) is 0 Å². The first-order chi connectivity index (χ1) is 30.2. The zero-order valence-electron chi connectivity index (χ0n) is 36.5. The molecule has 4 heterocycles. The first-order valence-corrected chi connectivity index (χ1v) is 20.1. The number of benzene rings is 2. The van der Waals surface area contributed by atoms with Crippen LogP contribution in [-0.4, -0.2) is 63.4 Å². The molecule has 9 N–H and O–H groups in total. The molecule has 0 bridgehead atoms. The van der Waals surface area contributed by atoms with Crippen molar-refractivity contribution >= 4 is 52.2 Å². The Hall–Kier alpha value is -6.81. The van der Waals surface area contributed by atoms with Gasteiger partial charge in [0.15, 0.2) is 0 Å². The van der Waals surface area contributed by atoms with Crippen molar-refractivity contribution in [2.75, 3.05) is 16.0 Å². The number of halogens is 7. The Labute approximate surface area is 375 Å². The van der Waals surface area contributed by atoms with Gasteiger partial charge >= 0.3 is 12.4 Å². The van der Waals surface area contributed by atoms with E-state index in [1.54, 1.807) is 0 Å². The molecule has 16 nitrogen and oxygen atoms in total. The highest BCUT2D eigenvalue weighted by atomic mass is 35.5. The maximum atomic E-state index is 13.1. The SMILES string of the molecule is CC(C)[C@H](N)C(N)=O.Cc1cc(C)n(-c2nc(Cl)cc(Nc3cccc(C(F)(F)F)c3)n2)n1.Cc1cc(C)n(-c2nc(Nc3cccc(C(F)(F)F)c3)cc(N[C@H](C(N)=O)C(C)C)n2)n1. The average molecular weight is 931 g/mol. The minimum Gasteiger partial charge on any atom is -0.368 e. The Balaban J connectivity index is 0.000000249. The number of aromatic nitrogens is 8. The van der Waals surface area contributed by atoms with Crippen LogP contribution in [0.3, 0.4) is 0 Å². The lowest BCUT2D eigenvalue weighted by Gasteiger charge is -2.20. The van der Waals surface area contributed by atoms with E-state index in [-0.39, 0.29) is 57.7 Å². The number of aryl methyl sites for hydroxylation is 4. The van der Waals surface area contributed by atoms with E-state index in [0.29, 0.717) is 0 Å². The molecule has 6 rings (SSSR count). The summed E-state index contributed by atoms with van der Waals surface area (Å²) in [6, 6.07) is 15.0.